The van der Waals surface area contributed by atoms with E-state index in [2.05, 4.69) is 37.6 Å². The van der Waals surface area contributed by atoms with Crippen LogP contribution in [0.1, 0.15) is 37.7 Å². The van der Waals surface area contributed by atoms with Crippen molar-refractivity contribution in [1.82, 2.24) is 5.32 Å². The van der Waals surface area contributed by atoms with Crippen molar-refractivity contribution in [1.29, 1.82) is 0 Å². The Hall–Kier alpha value is -0.410. The summed E-state index contributed by atoms with van der Waals surface area (Å²) in [5.41, 5.74) is 0. The molecule has 1 aromatic rings. The van der Waals surface area contributed by atoms with Crippen LogP contribution in [0, 0.1) is 11.8 Å². The van der Waals surface area contributed by atoms with Crippen LogP contribution in [0.15, 0.2) is 16.5 Å². The van der Waals surface area contributed by atoms with Crippen molar-refractivity contribution in [2.45, 2.75) is 32.7 Å². The van der Waals surface area contributed by atoms with Gasteiger partial charge in [0.15, 0.2) is 0 Å². The van der Waals surface area contributed by atoms with Gasteiger partial charge in [0, 0.05) is 5.92 Å². The standard InChI is InChI=1S/C14H23NOS/c1-10(9-17-3)7-15-8-12-4-5-14(16-12)13-6-11(13)2/h4-5,10-11,13,15H,6-9H2,1-3H3. The minimum Gasteiger partial charge on any atom is -0.464 e. The SMILES string of the molecule is CSCC(C)CNCc1ccc(C2CC2C)o1. The smallest absolute Gasteiger partial charge is 0.117 e. The van der Waals surface area contributed by atoms with Gasteiger partial charge in [0.2, 0.25) is 0 Å². The molecular formula is C14H23NOS. The van der Waals surface area contributed by atoms with Crippen LogP contribution in [0.2, 0.25) is 0 Å². The van der Waals surface area contributed by atoms with E-state index in [1.165, 1.54) is 17.9 Å². The molecule has 0 spiro atoms. The molecule has 0 aromatic carbocycles. The number of thioether (sulfide) groups is 1. The summed E-state index contributed by atoms with van der Waals surface area (Å²) in [5, 5.41) is 3.46. The fourth-order valence-electron chi connectivity index (χ4n) is 2.19. The van der Waals surface area contributed by atoms with E-state index in [9.17, 15) is 0 Å². The Morgan fingerprint density at radius 3 is 2.94 bits per heavy atom. The van der Waals surface area contributed by atoms with Gasteiger partial charge in [-0.05, 0) is 48.9 Å². The molecule has 1 aliphatic rings. The molecule has 3 heteroatoms. The normalized spacial score (nSPS) is 24.9. The lowest BCUT2D eigenvalue weighted by molar-refractivity contribution is 0.435. The predicted molar refractivity (Wildman–Crippen MR) is 74.5 cm³/mol. The summed E-state index contributed by atoms with van der Waals surface area (Å²) in [4.78, 5) is 0. The lowest BCUT2D eigenvalue weighted by Gasteiger charge is -2.09. The fraction of sp³-hybridized carbons (Fsp3) is 0.714. The molecule has 1 saturated carbocycles. The summed E-state index contributed by atoms with van der Waals surface area (Å²) < 4.78 is 5.85. The zero-order valence-electron chi connectivity index (χ0n) is 11.0. The Morgan fingerprint density at radius 2 is 2.29 bits per heavy atom. The van der Waals surface area contributed by atoms with Gasteiger partial charge in [-0.1, -0.05) is 13.8 Å². The molecule has 1 heterocycles. The van der Waals surface area contributed by atoms with Gasteiger partial charge >= 0.3 is 0 Å². The summed E-state index contributed by atoms with van der Waals surface area (Å²) in [6, 6.07) is 4.27. The van der Waals surface area contributed by atoms with Crippen LogP contribution in [-0.4, -0.2) is 18.6 Å². The third-order valence-corrected chi connectivity index (χ3v) is 4.30. The third kappa shape index (κ3) is 3.78. The summed E-state index contributed by atoms with van der Waals surface area (Å²) in [6.45, 7) is 6.49. The number of furan rings is 1. The van der Waals surface area contributed by atoms with E-state index in [0.717, 1.165) is 30.7 Å². The first kappa shape index (κ1) is 13.0. The molecule has 3 atom stereocenters. The van der Waals surface area contributed by atoms with Gasteiger partial charge in [-0.2, -0.15) is 11.8 Å². The van der Waals surface area contributed by atoms with E-state index >= 15 is 0 Å². The first-order chi connectivity index (χ1) is 8.20. The number of hydrogen-bond acceptors (Lipinski definition) is 3. The topological polar surface area (TPSA) is 25.2 Å². The van der Waals surface area contributed by atoms with Crippen molar-refractivity contribution in [2.75, 3.05) is 18.6 Å². The van der Waals surface area contributed by atoms with Gasteiger partial charge < -0.3 is 9.73 Å². The largest absolute Gasteiger partial charge is 0.464 e. The van der Waals surface area contributed by atoms with Crippen molar-refractivity contribution in [2.24, 2.45) is 11.8 Å². The molecule has 0 aliphatic heterocycles. The van der Waals surface area contributed by atoms with Crippen molar-refractivity contribution in [3.05, 3.63) is 23.7 Å². The zero-order chi connectivity index (χ0) is 12.3. The maximum absolute atomic E-state index is 5.85. The highest BCUT2D eigenvalue weighted by atomic mass is 32.2. The summed E-state index contributed by atoms with van der Waals surface area (Å²) >= 11 is 1.91. The molecule has 0 bridgehead atoms. The van der Waals surface area contributed by atoms with E-state index in [1.54, 1.807) is 0 Å². The maximum Gasteiger partial charge on any atom is 0.117 e. The molecule has 2 rings (SSSR count). The van der Waals surface area contributed by atoms with Gasteiger partial charge in [-0.3, -0.25) is 0 Å². The van der Waals surface area contributed by atoms with Crippen molar-refractivity contribution in [3.8, 4) is 0 Å². The second-order valence-electron chi connectivity index (χ2n) is 5.31. The lowest BCUT2D eigenvalue weighted by Crippen LogP contribution is -2.21. The summed E-state index contributed by atoms with van der Waals surface area (Å²) in [5.74, 6) is 5.73. The second kappa shape index (κ2) is 5.96. The van der Waals surface area contributed by atoms with E-state index in [1.807, 2.05) is 11.8 Å². The summed E-state index contributed by atoms with van der Waals surface area (Å²) in [6.07, 6.45) is 3.46. The third-order valence-electron chi connectivity index (χ3n) is 3.40. The first-order valence-corrected chi connectivity index (χ1v) is 7.88. The van der Waals surface area contributed by atoms with Crippen LogP contribution < -0.4 is 5.32 Å². The fourth-order valence-corrected chi connectivity index (χ4v) is 2.88. The van der Waals surface area contributed by atoms with Crippen LogP contribution in [0.4, 0.5) is 0 Å². The molecule has 0 radical (unpaired) electrons. The van der Waals surface area contributed by atoms with Crippen molar-refractivity contribution >= 4 is 11.8 Å². The Balaban J connectivity index is 1.70. The molecule has 3 unspecified atom stereocenters. The van der Waals surface area contributed by atoms with Gasteiger partial charge in [-0.15, -0.1) is 0 Å². The molecule has 96 valence electrons. The average Bonchev–Trinajstić information content (AvgIpc) is 2.84. The Bertz CT molecular complexity index is 350. The highest BCUT2D eigenvalue weighted by Gasteiger charge is 2.36. The molecule has 1 fully saturated rings. The Labute approximate surface area is 109 Å². The van der Waals surface area contributed by atoms with E-state index in [4.69, 9.17) is 4.42 Å². The molecule has 1 N–H and O–H groups in total. The quantitative estimate of drug-likeness (QED) is 0.805. The molecule has 17 heavy (non-hydrogen) atoms. The molecule has 0 saturated heterocycles. The van der Waals surface area contributed by atoms with E-state index in [-0.39, 0.29) is 0 Å². The van der Waals surface area contributed by atoms with Crippen LogP contribution in [0.3, 0.4) is 0 Å². The molecule has 1 aliphatic carbocycles. The highest BCUT2D eigenvalue weighted by Crippen LogP contribution is 2.47. The molecule has 1 aromatic heterocycles. The predicted octanol–water partition coefficient (Wildman–Crippen LogP) is 3.49. The van der Waals surface area contributed by atoms with Crippen molar-refractivity contribution < 1.29 is 4.42 Å². The van der Waals surface area contributed by atoms with Crippen LogP contribution >= 0.6 is 11.8 Å². The Kier molecular flexibility index (Phi) is 4.57. The van der Waals surface area contributed by atoms with Crippen LogP contribution in [0.5, 0.6) is 0 Å². The van der Waals surface area contributed by atoms with Gasteiger partial charge in [0.1, 0.15) is 11.5 Å². The van der Waals surface area contributed by atoms with Gasteiger partial charge in [0.05, 0.1) is 6.54 Å². The highest BCUT2D eigenvalue weighted by molar-refractivity contribution is 7.98. The van der Waals surface area contributed by atoms with Crippen LogP contribution in [-0.2, 0) is 6.54 Å². The first-order valence-electron chi connectivity index (χ1n) is 6.49. The van der Waals surface area contributed by atoms with E-state index < -0.39 is 0 Å². The maximum atomic E-state index is 5.85. The minimum absolute atomic E-state index is 0.694. The average molecular weight is 253 g/mol. The lowest BCUT2D eigenvalue weighted by atomic mass is 10.2. The van der Waals surface area contributed by atoms with Gasteiger partial charge in [0.25, 0.3) is 0 Å². The molecular weight excluding hydrogens is 230 g/mol. The second-order valence-corrected chi connectivity index (χ2v) is 6.23. The number of rotatable bonds is 7. The van der Waals surface area contributed by atoms with E-state index in [0.29, 0.717) is 5.92 Å². The Morgan fingerprint density at radius 1 is 1.53 bits per heavy atom. The zero-order valence-corrected chi connectivity index (χ0v) is 11.8. The minimum atomic E-state index is 0.694. The molecule has 2 nitrogen and oxygen atoms in total. The van der Waals surface area contributed by atoms with Crippen molar-refractivity contribution in [3.63, 3.8) is 0 Å². The van der Waals surface area contributed by atoms with Crippen LogP contribution in [0.25, 0.3) is 0 Å². The monoisotopic (exact) mass is 253 g/mol. The molecule has 0 amide bonds. The summed E-state index contributed by atoms with van der Waals surface area (Å²) in [7, 11) is 0. The number of hydrogen-bond donors (Lipinski definition) is 1. The number of nitrogens with one attached hydrogen (secondary N) is 1. The van der Waals surface area contributed by atoms with Gasteiger partial charge in [-0.25, -0.2) is 0 Å².